The Morgan fingerprint density at radius 1 is 1.44 bits per heavy atom. The van der Waals surface area contributed by atoms with E-state index in [9.17, 15) is 4.79 Å². The van der Waals surface area contributed by atoms with Crippen molar-refractivity contribution >= 4 is 22.5 Å². The van der Waals surface area contributed by atoms with Crippen LogP contribution in [0.15, 0.2) is 24.4 Å². The Hall–Kier alpha value is -1.81. The van der Waals surface area contributed by atoms with E-state index >= 15 is 0 Å². The molecule has 0 aliphatic carbocycles. The van der Waals surface area contributed by atoms with Crippen molar-refractivity contribution in [2.24, 2.45) is 5.73 Å². The van der Waals surface area contributed by atoms with Crippen molar-refractivity contribution in [1.82, 2.24) is 4.98 Å². The molecule has 0 radical (unpaired) electrons. The predicted molar refractivity (Wildman–Crippen MR) is 74.6 cm³/mol. The molecule has 0 unspecified atom stereocenters. The number of nitrogens with one attached hydrogen (secondary N) is 2. The van der Waals surface area contributed by atoms with Crippen LogP contribution in [0, 0.1) is 0 Å². The van der Waals surface area contributed by atoms with Gasteiger partial charge in [0.2, 0.25) is 5.91 Å². The largest absolute Gasteiger partial charge is 0.361 e. The highest BCUT2D eigenvalue weighted by atomic mass is 16.1. The Labute approximate surface area is 107 Å². The van der Waals surface area contributed by atoms with Crippen molar-refractivity contribution in [3.63, 3.8) is 0 Å². The summed E-state index contributed by atoms with van der Waals surface area (Å²) in [6.45, 7) is 2.62. The standard InChI is InChI=1S/C14H19N3O/c1-2-3-14(18)17-11-4-5-13-12(8-11)10(6-7-15)9-16-13/h4-5,8-9,16H,2-3,6-7,15H2,1H3,(H,17,18). The van der Waals surface area contributed by atoms with Gasteiger partial charge in [-0.3, -0.25) is 4.79 Å². The van der Waals surface area contributed by atoms with Crippen LogP contribution in [0.1, 0.15) is 25.3 Å². The number of fused-ring (bicyclic) bond motifs is 1. The summed E-state index contributed by atoms with van der Waals surface area (Å²) in [6, 6.07) is 5.90. The van der Waals surface area contributed by atoms with Crippen LogP contribution in [0.3, 0.4) is 0 Å². The highest BCUT2D eigenvalue weighted by molar-refractivity contribution is 5.94. The first-order chi connectivity index (χ1) is 8.74. The highest BCUT2D eigenvalue weighted by Crippen LogP contribution is 2.22. The molecule has 96 valence electrons. The van der Waals surface area contributed by atoms with Crippen molar-refractivity contribution in [2.45, 2.75) is 26.2 Å². The number of hydrogen-bond acceptors (Lipinski definition) is 2. The molecule has 1 amide bonds. The Kier molecular flexibility index (Phi) is 3.99. The van der Waals surface area contributed by atoms with Gasteiger partial charge in [-0.1, -0.05) is 6.92 Å². The third-order valence-electron chi connectivity index (χ3n) is 2.94. The van der Waals surface area contributed by atoms with E-state index < -0.39 is 0 Å². The van der Waals surface area contributed by atoms with Gasteiger partial charge in [-0.05, 0) is 43.1 Å². The summed E-state index contributed by atoms with van der Waals surface area (Å²) >= 11 is 0. The van der Waals surface area contributed by atoms with Gasteiger partial charge in [-0.25, -0.2) is 0 Å². The van der Waals surface area contributed by atoms with Crippen LogP contribution in [0.2, 0.25) is 0 Å². The molecule has 0 saturated carbocycles. The number of carbonyl (C=O) groups excluding carboxylic acids is 1. The lowest BCUT2D eigenvalue weighted by atomic mass is 10.1. The molecule has 0 fully saturated rings. The van der Waals surface area contributed by atoms with E-state index in [4.69, 9.17) is 5.73 Å². The zero-order valence-electron chi connectivity index (χ0n) is 10.6. The smallest absolute Gasteiger partial charge is 0.224 e. The van der Waals surface area contributed by atoms with Gasteiger partial charge in [-0.2, -0.15) is 0 Å². The normalized spacial score (nSPS) is 10.8. The molecule has 1 heterocycles. The summed E-state index contributed by atoms with van der Waals surface area (Å²) in [5.41, 5.74) is 8.70. The monoisotopic (exact) mass is 245 g/mol. The van der Waals surface area contributed by atoms with Crippen molar-refractivity contribution in [3.05, 3.63) is 30.0 Å². The second kappa shape index (κ2) is 5.69. The second-order valence-electron chi connectivity index (χ2n) is 4.41. The third kappa shape index (κ3) is 2.71. The third-order valence-corrected chi connectivity index (χ3v) is 2.94. The van der Waals surface area contributed by atoms with Gasteiger partial charge in [0.25, 0.3) is 0 Å². The summed E-state index contributed by atoms with van der Waals surface area (Å²) < 4.78 is 0. The lowest BCUT2D eigenvalue weighted by molar-refractivity contribution is -0.116. The Morgan fingerprint density at radius 3 is 3.00 bits per heavy atom. The molecular formula is C14H19N3O. The van der Waals surface area contributed by atoms with E-state index in [-0.39, 0.29) is 5.91 Å². The molecule has 18 heavy (non-hydrogen) atoms. The van der Waals surface area contributed by atoms with Gasteiger partial charge in [0, 0.05) is 29.2 Å². The van der Waals surface area contributed by atoms with E-state index in [1.807, 2.05) is 31.3 Å². The van der Waals surface area contributed by atoms with E-state index in [2.05, 4.69) is 10.3 Å². The Bertz CT molecular complexity index is 545. The van der Waals surface area contributed by atoms with Crippen molar-refractivity contribution in [3.8, 4) is 0 Å². The van der Waals surface area contributed by atoms with E-state index in [0.717, 1.165) is 29.4 Å². The van der Waals surface area contributed by atoms with Crippen LogP contribution >= 0.6 is 0 Å². The van der Waals surface area contributed by atoms with Crippen LogP contribution < -0.4 is 11.1 Å². The van der Waals surface area contributed by atoms with Crippen molar-refractivity contribution in [2.75, 3.05) is 11.9 Å². The van der Waals surface area contributed by atoms with Gasteiger partial charge in [-0.15, -0.1) is 0 Å². The maximum absolute atomic E-state index is 11.6. The zero-order chi connectivity index (χ0) is 13.0. The summed E-state index contributed by atoms with van der Waals surface area (Å²) in [4.78, 5) is 14.8. The number of H-pyrrole nitrogens is 1. The summed E-state index contributed by atoms with van der Waals surface area (Å²) in [6.07, 6.45) is 4.24. The van der Waals surface area contributed by atoms with Crippen LogP contribution in [0.4, 0.5) is 5.69 Å². The first kappa shape index (κ1) is 12.6. The Balaban J connectivity index is 2.24. The molecule has 4 nitrogen and oxygen atoms in total. The summed E-state index contributed by atoms with van der Waals surface area (Å²) in [7, 11) is 0. The quantitative estimate of drug-likeness (QED) is 0.757. The number of aromatic nitrogens is 1. The van der Waals surface area contributed by atoms with Crippen molar-refractivity contribution in [1.29, 1.82) is 0 Å². The molecule has 4 N–H and O–H groups in total. The number of nitrogens with two attached hydrogens (primary N) is 1. The lowest BCUT2D eigenvalue weighted by Crippen LogP contribution is -2.10. The molecule has 1 aromatic carbocycles. The summed E-state index contributed by atoms with van der Waals surface area (Å²) in [5, 5.41) is 4.04. The van der Waals surface area contributed by atoms with Crippen LogP contribution in [0.5, 0.6) is 0 Å². The molecule has 0 saturated heterocycles. The number of amides is 1. The molecule has 4 heteroatoms. The van der Waals surface area contributed by atoms with Gasteiger partial charge >= 0.3 is 0 Å². The second-order valence-corrected chi connectivity index (χ2v) is 4.41. The SMILES string of the molecule is CCCC(=O)Nc1ccc2[nH]cc(CCN)c2c1. The average molecular weight is 245 g/mol. The maximum atomic E-state index is 11.6. The van der Waals surface area contributed by atoms with Crippen LogP contribution in [-0.2, 0) is 11.2 Å². The number of benzene rings is 1. The fraction of sp³-hybridized carbons (Fsp3) is 0.357. The topological polar surface area (TPSA) is 70.9 Å². The maximum Gasteiger partial charge on any atom is 0.224 e. The van der Waals surface area contributed by atoms with Crippen molar-refractivity contribution < 1.29 is 4.79 Å². The number of aromatic amines is 1. The van der Waals surface area contributed by atoms with E-state index in [1.54, 1.807) is 0 Å². The molecular weight excluding hydrogens is 226 g/mol. The number of hydrogen-bond donors (Lipinski definition) is 3. The molecule has 2 aromatic rings. The molecule has 0 aliphatic rings. The summed E-state index contributed by atoms with van der Waals surface area (Å²) in [5.74, 6) is 0.0627. The lowest BCUT2D eigenvalue weighted by Gasteiger charge is -2.05. The molecule has 0 atom stereocenters. The fourth-order valence-corrected chi connectivity index (χ4v) is 2.07. The molecule has 0 spiro atoms. The van der Waals surface area contributed by atoms with E-state index in [1.165, 1.54) is 5.56 Å². The fourth-order valence-electron chi connectivity index (χ4n) is 2.07. The minimum Gasteiger partial charge on any atom is -0.361 e. The average Bonchev–Trinajstić information content (AvgIpc) is 2.73. The van der Waals surface area contributed by atoms with Gasteiger partial charge in [0.1, 0.15) is 0 Å². The van der Waals surface area contributed by atoms with Crippen LogP contribution in [0.25, 0.3) is 10.9 Å². The van der Waals surface area contributed by atoms with Gasteiger partial charge in [0.05, 0.1) is 0 Å². The molecule has 0 bridgehead atoms. The van der Waals surface area contributed by atoms with Crippen LogP contribution in [-0.4, -0.2) is 17.4 Å². The van der Waals surface area contributed by atoms with Gasteiger partial charge in [0.15, 0.2) is 0 Å². The minimum absolute atomic E-state index is 0.0627. The first-order valence-electron chi connectivity index (χ1n) is 6.34. The predicted octanol–water partition coefficient (Wildman–Crippen LogP) is 2.41. The number of rotatable bonds is 5. The highest BCUT2D eigenvalue weighted by Gasteiger charge is 2.06. The molecule has 0 aliphatic heterocycles. The van der Waals surface area contributed by atoms with Gasteiger partial charge < -0.3 is 16.0 Å². The number of carbonyl (C=O) groups is 1. The Morgan fingerprint density at radius 2 is 2.28 bits per heavy atom. The number of anilines is 1. The van der Waals surface area contributed by atoms with E-state index in [0.29, 0.717) is 13.0 Å². The zero-order valence-corrected chi connectivity index (χ0v) is 10.6. The first-order valence-corrected chi connectivity index (χ1v) is 6.34. The molecule has 1 aromatic heterocycles. The molecule has 2 rings (SSSR count). The minimum atomic E-state index is 0.0627.